The minimum absolute atomic E-state index is 0. The van der Waals surface area contributed by atoms with Crippen molar-refractivity contribution in [2.24, 2.45) is 0 Å². The lowest BCUT2D eigenvalue weighted by Gasteiger charge is -2.08. The molecule has 0 atom stereocenters. The fourth-order valence-corrected chi connectivity index (χ4v) is 2.57. The molecule has 1 heterocycles. The third kappa shape index (κ3) is 6.48. The molecular weight excluding hydrogens is 410 g/mol. The number of hydroxylamine groups is 1. The standard InChI is InChI=1S/C19H18N2O5.C2H7N.ClH/c1-12-15-4-2-3-5-16(15)26-17(12)19(23)20-10-11-25-14-8-6-13(7-9-14)18(22)21-24;1-3-2;/h2-9,24H,10-11H2,1H3,(H,20,23)(H,21,22);3H,1-2H3;1H. The largest absolute Gasteiger partial charge is 0.492 e. The Morgan fingerprint density at radius 3 is 2.27 bits per heavy atom. The predicted octanol–water partition coefficient (Wildman–Crippen LogP) is 2.93. The van der Waals surface area contributed by atoms with Crippen molar-refractivity contribution in [3.63, 3.8) is 0 Å². The van der Waals surface area contributed by atoms with Crippen LogP contribution < -0.4 is 20.9 Å². The Balaban J connectivity index is 0.00000106. The number of carbonyl (C=O) groups excluding carboxylic acids is 2. The van der Waals surface area contributed by atoms with Crippen LogP contribution in [0.15, 0.2) is 52.9 Å². The first-order chi connectivity index (χ1) is 14.0. The van der Waals surface area contributed by atoms with Gasteiger partial charge in [0, 0.05) is 16.5 Å². The topological polar surface area (TPSA) is 113 Å². The summed E-state index contributed by atoms with van der Waals surface area (Å²) in [7, 11) is 3.75. The van der Waals surface area contributed by atoms with E-state index >= 15 is 0 Å². The summed E-state index contributed by atoms with van der Waals surface area (Å²) in [4.78, 5) is 23.5. The second-order valence-corrected chi connectivity index (χ2v) is 6.12. The summed E-state index contributed by atoms with van der Waals surface area (Å²) in [5, 5.41) is 15.0. The molecule has 0 saturated carbocycles. The van der Waals surface area contributed by atoms with E-state index in [1.54, 1.807) is 17.6 Å². The highest BCUT2D eigenvalue weighted by molar-refractivity contribution is 5.98. The molecule has 0 fully saturated rings. The molecule has 0 aliphatic heterocycles. The van der Waals surface area contributed by atoms with E-state index in [0.29, 0.717) is 29.2 Å². The van der Waals surface area contributed by atoms with E-state index in [2.05, 4.69) is 10.6 Å². The normalized spacial score (nSPS) is 9.73. The van der Waals surface area contributed by atoms with Crippen LogP contribution in [0.4, 0.5) is 0 Å². The number of fused-ring (bicyclic) bond motifs is 1. The molecule has 3 aromatic rings. The summed E-state index contributed by atoms with van der Waals surface area (Å²) in [5.74, 6) is -0.0403. The van der Waals surface area contributed by atoms with E-state index in [1.165, 1.54) is 12.1 Å². The molecule has 0 aliphatic carbocycles. The van der Waals surface area contributed by atoms with Crippen molar-refractivity contribution in [1.29, 1.82) is 0 Å². The molecule has 3 rings (SSSR count). The molecule has 4 N–H and O–H groups in total. The van der Waals surface area contributed by atoms with Crippen molar-refractivity contribution >= 4 is 35.2 Å². The van der Waals surface area contributed by atoms with Gasteiger partial charge in [0.25, 0.3) is 11.8 Å². The van der Waals surface area contributed by atoms with Crippen LogP contribution in [0.2, 0.25) is 0 Å². The number of para-hydroxylation sites is 1. The first-order valence-electron chi connectivity index (χ1n) is 9.04. The van der Waals surface area contributed by atoms with Crippen LogP contribution in [0.5, 0.6) is 5.75 Å². The molecule has 8 nitrogen and oxygen atoms in total. The van der Waals surface area contributed by atoms with Gasteiger partial charge < -0.3 is 19.8 Å². The highest BCUT2D eigenvalue weighted by Gasteiger charge is 2.16. The molecule has 2 aromatic carbocycles. The van der Waals surface area contributed by atoms with E-state index in [9.17, 15) is 9.59 Å². The molecule has 0 unspecified atom stereocenters. The van der Waals surface area contributed by atoms with Crippen molar-refractivity contribution < 1.29 is 24.0 Å². The van der Waals surface area contributed by atoms with Gasteiger partial charge in [-0.05, 0) is 51.4 Å². The van der Waals surface area contributed by atoms with Gasteiger partial charge in [-0.1, -0.05) is 18.2 Å². The van der Waals surface area contributed by atoms with Crippen LogP contribution in [-0.2, 0) is 0 Å². The number of furan rings is 1. The van der Waals surface area contributed by atoms with E-state index < -0.39 is 5.91 Å². The van der Waals surface area contributed by atoms with Gasteiger partial charge in [0.15, 0.2) is 5.76 Å². The molecule has 0 aliphatic rings. The van der Waals surface area contributed by atoms with Gasteiger partial charge in [-0.2, -0.15) is 0 Å². The molecule has 9 heteroatoms. The van der Waals surface area contributed by atoms with Gasteiger partial charge in [0.05, 0.1) is 6.54 Å². The Hall–Kier alpha value is -3.07. The zero-order valence-corrected chi connectivity index (χ0v) is 17.8. The molecule has 1 aromatic heterocycles. The fraction of sp³-hybridized carbons (Fsp3) is 0.238. The van der Waals surface area contributed by atoms with Gasteiger partial charge in [-0.25, -0.2) is 5.48 Å². The van der Waals surface area contributed by atoms with E-state index in [4.69, 9.17) is 14.4 Å². The van der Waals surface area contributed by atoms with Crippen molar-refractivity contribution in [3.05, 3.63) is 65.4 Å². The summed E-state index contributed by atoms with van der Waals surface area (Å²) < 4.78 is 11.1. The maximum absolute atomic E-state index is 12.3. The summed E-state index contributed by atoms with van der Waals surface area (Å²) >= 11 is 0. The number of hydrogen-bond acceptors (Lipinski definition) is 6. The molecule has 162 valence electrons. The van der Waals surface area contributed by atoms with E-state index in [0.717, 1.165) is 10.9 Å². The number of halogens is 1. The average Bonchev–Trinajstić information content (AvgIpc) is 3.08. The van der Waals surface area contributed by atoms with Crippen LogP contribution in [-0.4, -0.2) is 44.3 Å². The lowest BCUT2D eigenvalue weighted by molar-refractivity contribution is 0.0706. The summed E-state index contributed by atoms with van der Waals surface area (Å²) in [5.41, 5.74) is 3.35. The number of benzene rings is 2. The zero-order valence-electron chi connectivity index (χ0n) is 17.0. The third-order valence-electron chi connectivity index (χ3n) is 3.92. The smallest absolute Gasteiger partial charge is 0.287 e. The number of rotatable bonds is 6. The maximum atomic E-state index is 12.3. The Labute approximate surface area is 181 Å². The zero-order chi connectivity index (χ0) is 21.2. The van der Waals surface area contributed by atoms with Crippen LogP contribution >= 0.6 is 12.4 Å². The van der Waals surface area contributed by atoms with Crippen LogP contribution in [0.1, 0.15) is 26.5 Å². The minimum Gasteiger partial charge on any atom is -0.492 e. The summed E-state index contributed by atoms with van der Waals surface area (Å²) in [6.07, 6.45) is 0. The van der Waals surface area contributed by atoms with E-state index in [-0.39, 0.29) is 24.9 Å². The maximum Gasteiger partial charge on any atom is 0.287 e. The third-order valence-corrected chi connectivity index (χ3v) is 3.92. The Morgan fingerprint density at radius 2 is 1.67 bits per heavy atom. The lowest BCUT2D eigenvalue weighted by atomic mass is 10.1. The number of amides is 2. The predicted molar refractivity (Wildman–Crippen MR) is 117 cm³/mol. The monoisotopic (exact) mass is 435 g/mol. The van der Waals surface area contributed by atoms with Gasteiger partial charge in [0.2, 0.25) is 0 Å². The van der Waals surface area contributed by atoms with Crippen molar-refractivity contribution in [1.82, 2.24) is 16.1 Å². The Kier molecular flexibility index (Phi) is 10.4. The highest BCUT2D eigenvalue weighted by Crippen LogP contribution is 2.24. The molecule has 0 saturated heterocycles. The van der Waals surface area contributed by atoms with Crippen molar-refractivity contribution in [2.75, 3.05) is 27.2 Å². The van der Waals surface area contributed by atoms with E-state index in [1.807, 2.05) is 45.3 Å². The SMILES string of the molecule is CNC.Cc1c(C(=O)NCCOc2ccc(C(=O)NO)cc2)oc2ccccc12.Cl. The molecule has 30 heavy (non-hydrogen) atoms. The number of carbonyl (C=O) groups is 2. The molecule has 0 spiro atoms. The number of hydrogen-bond donors (Lipinski definition) is 4. The summed E-state index contributed by atoms with van der Waals surface area (Å²) in [6.45, 7) is 2.41. The van der Waals surface area contributed by atoms with Crippen LogP contribution in [0.3, 0.4) is 0 Å². The highest BCUT2D eigenvalue weighted by atomic mass is 35.5. The Bertz CT molecular complexity index is 957. The van der Waals surface area contributed by atoms with Crippen LogP contribution in [0.25, 0.3) is 11.0 Å². The van der Waals surface area contributed by atoms with Gasteiger partial charge in [0.1, 0.15) is 17.9 Å². The van der Waals surface area contributed by atoms with Gasteiger partial charge >= 0.3 is 0 Å². The molecule has 0 bridgehead atoms. The van der Waals surface area contributed by atoms with Gasteiger partial charge in [-0.3, -0.25) is 14.8 Å². The average molecular weight is 436 g/mol. The first kappa shape index (κ1) is 25.0. The number of aryl methyl sites for hydroxylation is 1. The van der Waals surface area contributed by atoms with Gasteiger partial charge in [-0.15, -0.1) is 12.4 Å². The number of ether oxygens (including phenoxy) is 1. The molecule has 0 radical (unpaired) electrons. The second kappa shape index (κ2) is 12.5. The Morgan fingerprint density at radius 1 is 1.03 bits per heavy atom. The molecule has 2 amide bonds. The first-order valence-corrected chi connectivity index (χ1v) is 9.04. The summed E-state index contributed by atoms with van der Waals surface area (Å²) in [6, 6.07) is 13.8. The fourth-order valence-electron chi connectivity index (χ4n) is 2.57. The van der Waals surface area contributed by atoms with Crippen molar-refractivity contribution in [3.8, 4) is 5.75 Å². The minimum atomic E-state index is -0.593. The molecular formula is C21H26ClN3O5. The second-order valence-electron chi connectivity index (χ2n) is 6.12. The lowest BCUT2D eigenvalue weighted by Crippen LogP contribution is -2.28. The van der Waals surface area contributed by atoms with Crippen molar-refractivity contribution in [2.45, 2.75) is 6.92 Å². The number of nitrogens with one attached hydrogen (secondary N) is 3. The van der Waals surface area contributed by atoms with Crippen LogP contribution in [0, 0.1) is 6.92 Å². The quantitative estimate of drug-likeness (QED) is 0.269.